The van der Waals surface area contributed by atoms with Crippen molar-refractivity contribution in [3.63, 3.8) is 0 Å². The average molecular weight is 216 g/mol. The van der Waals surface area contributed by atoms with E-state index in [4.69, 9.17) is 10.9 Å². The van der Waals surface area contributed by atoms with E-state index in [2.05, 4.69) is 29.5 Å². The predicted molar refractivity (Wildman–Crippen MR) is 63.3 cm³/mol. The summed E-state index contributed by atoms with van der Waals surface area (Å²) >= 11 is 0. The third kappa shape index (κ3) is 7.16. The zero-order chi connectivity index (χ0) is 11.7. The molecule has 0 aliphatic carbocycles. The summed E-state index contributed by atoms with van der Waals surface area (Å²) in [6.07, 6.45) is 3.10. The van der Waals surface area contributed by atoms with Crippen LogP contribution in [-0.2, 0) is 0 Å². The molecular formula is C10H24N4O. The first kappa shape index (κ1) is 14.2. The van der Waals surface area contributed by atoms with Crippen molar-refractivity contribution in [2.45, 2.75) is 32.2 Å². The van der Waals surface area contributed by atoms with Crippen molar-refractivity contribution >= 4 is 5.84 Å². The van der Waals surface area contributed by atoms with Gasteiger partial charge in [0.15, 0.2) is 5.84 Å². The van der Waals surface area contributed by atoms with Gasteiger partial charge in [-0.05, 0) is 46.4 Å². The van der Waals surface area contributed by atoms with Crippen LogP contribution >= 0.6 is 0 Å². The number of nitrogens with two attached hydrogens (primary N) is 1. The van der Waals surface area contributed by atoms with Gasteiger partial charge in [0.1, 0.15) is 0 Å². The van der Waals surface area contributed by atoms with E-state index < -0.39 is 0 Å². The Kier molecular flexibility index (Phi) is 8.04. The van der Waals surface area contributed by atoms with Crippen molar-refractivity contribution in [1.82, 2.24) is 10.2 Å². The minimum atomic E-state index is -0.00523. The van der Waals surface area contributed by atoms with E-state index in [1.807, 2.05) is 6.92 Å². The fraction of sp³-hybridized carbons (Fsp3) is 0.900. The molecule has 1 unspecified atom stereocenters. The van der Waals surface area contributed by atoms with Crippen LogP contribution in [0.3, 0.4) is 0 Å². The summed E-state index contributed by atoms with van der Waals surface area (Å²) in [4.78, 5) is 2.17. The van der Waals surface area contributed by atoms with Crippen molar-refractivity contribution in [2.24, 2.45) is 10.9 Å². The summed E-state index contributed by atoms with van der Waals surface area (Å²) < 4.78 is 0. The van der Waals surface area contributed by atoms with Gasteiger partial charge in [0, 0.05) is 0 Å². The molecule has 5 heteroatoms. The Morgan fingerprint density at radius 2 is 2.13 bits per heavy atom. The highest BCUT2D eigenvalue weighted by molar-refractivity contribution is 5.85. The number of nitrogens with zero attached hydrogens (tertiary/aromatic N) is 2. The maximum Gasteiger partial charge on any atom is 0.156 e. The summed E-state index contributed by atoms with van der Waals surface area (Å²) in [7, 11) is 4.14. The maximum absolute atomic E-state index is 8.53. The van der Waals surface area contributed by atoms with Gasteiger partial charge < -0.3 is 21.2 Å². The highest BCUT2D eigenvalue weighted by atomic mass is 16.4. The van der Waals surface area contributed by atoms with Gasteiger partial charge >= 0.3 is 0 Å². The number of nitrogens with one attached hydrogen (secondary N) is 1. The lowest BCUT2D eigenvalue weighted by atomic mass is 10.2. The summed E-state index contributed by atoms with van der Waals surface area (Å²) in [5, 5.41) is 14.8. The quantitative estimate of drug-likeness (QED) is 0.181. The standard InChI is InChI=1S/C10H24N4O/c1-4-9(10(11)13-15)12-7-5-6-8-14(2)3/h9,12,15H,4-8H2,1-3H3,(H2,11,13). The van der Waals surface area contributed by atoms with Crippen LogP contribution in [0.2, 0.25) is 0 Å². The second kappa shape index (κ2) is 8.49. The summed E-state index contributed by atoms with van der Waals surface area (Å²) in [5.41, 5.74) is 5.52. The number of oxime groups is 1. The van der Waals surface area contributed by atoms with E-state index in [0.717, 1.165) is 32.4 Å². The smallest absolute Gasteiger partial charge is 0.156 e. The zero-order valence-corrected chi connectivity index (χ0v) is 10.0. The van der Waals surface area contributed by atoms with Crippen molar-refractivity contribution < 1.29 is 5.21 Å². The van der Waals surface area contributed by atoms with Gasteiger partial charge in [0.25, 0.3) is 0 Å². The third-order valence-corrected chi connectivity index (χ3v) is 2.30. The first-order chi connectivity index (χ1) is 7.11. The molecule has 0 spiro atoms. The molecule has 0 aliphatic rings. The Hall–Kier alpha value is -0.810. The molecule has 0 bridgehead atoms. The number of rotatable bonds is 8. The van der Waals surface area contributed by atoms with E-state index in [-0.39, 0.29) is 11.9 Å². The highest BCUT2D eigenvalue weighted by Crippen LogP contribution is 1.94. The summed E-state index contributed by atoms with van der Waals surface area (Å²) in [6, 6.07) is -0.00523. The molecule has 0 aromatic heterocycles. The first-order valence-corrected chi connectivity index (χ1v) is 5.47. The summed E-state index contributed by atoms with van der Waals surface area (Å²) in [5.74, 6) is 0.269. The normalized spacial score (nSPS) is 14.5. The van der Waals surface area contributed by atoms with Gasteiger partial charge in [0.05, 0.1) is 6.04 Å². The number of amidine groups is 1. The molecule has 0 aromatic rings. The molecule has 90 valence electrons. The van der Waals surface area contributed by atoms with Gasteiger partial charge in [-0.25, -0.2) is 0 Å². The molecule has 0 saturated carbocycles. The Morgan fingerprint density at radius 1 is 1.47 bits per heavy atom. The predicted octanol–water partition coefficient (Wildman–Crippen LogP) is 0.443. The number of unbranched alkanes of at least 4 members (excludes halogenated alkanes) is 1. The van der Waals surface area contributed by atoms with Crippen LogP contribution in [0.25, 0.3) is 0 Å². The van der Waals surface area contributed by atoms with Crippen LogP contribution in [0, 0.1) is 0 Å². The number of hydrogen-bond donors (Lipinski definition) is 3. The van der Waals surface area contributed by atoms with E-state index in [1.54, 1.807) is 0 Å². The molecule has 0 rings (SSSR count). The fourth-order valence-electron chi connectivity index (χ4n) is 1.36. The van der Waals surface area contributed by atoms with Crippen molar-refractivity contribution in [3.8, 4) is 0 Å². The van der Waals surface area contributed by atoms with E-state index >= 15 is 0 Å². The molecule has 4 N–H and O–H groups in total. The lowest BCUT2D eigenvalue weighted by molar-refractivity contribution is 0.314. The van der Waals surface area contributed by atoms with Crippen molar-refractivity contribution in [1.29, 1.82) is 0 Å². The van der Waals surface area contributed by atoms with Crippen molar-refractivity contribution in [3.05, 3.63) is 0 Å². The molecule has 0 amide bonds. The van der Waals surface area contributed by atoms with Gasteiger partial charge in [-0.1, -0.05) is 12.1 Å². The molecule has 15 heavy (non-hydrogen) atoms. The van der Waals surface area contributed by atoms with Crippen LogP contribution in [0.5, 0.6) is 0 Å². The molecule has 0 radical (unpaired) electrons. The minimum absolute atomic E-state index is 0.00523. The monoisotopic (exact) mass is 216 g/mol. The average Bonchev–Trinajstić information content (AvgIpc) is 2.22. The Balaban J connectivity index is 3.56. The molecule has 0 fully saturated rings. The molecule has 1 atom stereocenters. The minimum Gasteiger partial charge on any atom is -0.409 e. The molecule has 0 saturated heterocycles. The lowest BCUT2D eigenvalue weighted by Crippen LogP contribution is -2.41. The first-order valence-electron chi connectivity index (χ1n) is 5.47. The third-order valence-electron chi connectivity index (χ3n) is 2.30. The van der Waals surface area contributed by atoms with Crippen LogP contribution in [0.1, 0.15) is 26.2 Å². The fourth-order valence-corrected chi connectivity index (χ4v) is 1.36. The topological polar surface area (TPSA) is 73.9 Å². The summed E-state index contributed by atoms with van der Waals surface area (Å²) in [6.45, 7) is 4.01. The van der Waals surface area contributed by atoms with Gasteiger partial charge in [0.2, 0.25) is 0 Å². The molecule has 0 aliphatic heterocycles. The van der Waals surface area contributed by atoms with Gasteiger partial charge in [-0.15, -0.1) is 0 Å². The van der Waals surface area contributed by atoms with Crippen LogP contribution in [0.15, 0.2) is 5.16 Å². The van der Waals surface area contributed by atoms with E-state index in [1.165, 1.54) is 0 Å². The van der Waals surface area contributed by atoms with Crippen LogP contribution in [0.4, 0.5) is 0 Å². The lowest BCUT2D eigenvalue weighted by Gasteiger charge is -2.15. The Bertz CT molecular complexity index is 182. The van der Waals surface area contributed by atoms with Crippen molar-refractivity contribution in [2.75, 3.05) is 27.2 Å². The van der Waals surface area contributed by atoms with Gasteiger partial charge in [-0.3, -0.25) is 0 Å². The largest absolute Gasteiger partial charge is 0.409 e. The Morgan fingerprint density at radius 3 is 2.60 bits per heavy atom. The van der Waals surface area contributed by atoms with Crippen LogP contribution < -0.4 is 11.1 Å². The van der Waals surface area contributed by atoms with Crippen LogP contribution in [-0.4, -0.2) is 49.2 Å². The molecule has 0 aromatic carbocycles. The molecule has 0 heterocycles. The second-order valence-electron chi connectivity index (χ2n) is 3.95. The van der Waals surface area contributed by atoms with E-state index in [0.29, 0.717) is 0 Å². The second-order valence-corrected chi connectivity index (χ2v) is 3.95. The molecule has 5 nitrogen and oxygen atoms in total. The van der Waals surface area contributed by atoms with Gasteiger partial charge in [-0.2, -0.15) is 0 Å². The van der Waals surface area contributed by atoms with E-state index in [9.17, 15) is 0 Å². The number of hydrogen-bond acceptors (Lipinski definition) is 4. The highest BCUT2D eigenvalue weighted by Gasteiger charge is 2.09. The Labute approximate surface area is 92.3 Å². The SMILES string of the molecule is CCC(NCCCCN(C)C)C(N)=NO. The molecular weight excluding hydrogens is 192 g/mol. The maximum atomic E-state index is 8.53. The zero-order valence-electron chi connectivity index (χ0n) is 10.0.